The number of cyclic esters (lactones) is 1. The second-order valence-corrected chi connectivity index (χ2v) is 13.4. The van der Waals surface area contributed by atoms with Gasteiger partial charge in [0.15, 0.2) is 0 Å². The largest absolute Gasteiger partial charge is 0.472 e. The molecule has 8 heteroatoms. The number of hydrogen-bond acceptors (Lipinski definition) is 8. The minimum absolute atomic E-state index is 0.0467. The maximum atomic E-state index is 14.5. The third-order valence-electron chi connectivity index (χ3n) is 11.1. The van der Waals surface area contributed by atoms with Crippen LogP contribution < -0.4 is 0 Å². The summed E-state index contributed by atoms with van der Waals surface area (Å²) in [6, 6.07) is 1.84. The zero-order chi connectivity index (χ0) is 29.2. The van der Waals surface area contributed by atoms with Crippen LogP contribution in [0.5, 0.6) is 0 Å². The molecule has 1 aliphatic heterocycles. The van der Waals surface area contributed by atoms with E-state index in [0.29, 0.717) is 12.8 Å². The molecule has 0 amide bonds. The van der Waals surface area contributed by atoms with Crippen molar-refractivity contribution in [3.8, 4) is 0 Å². The lowest BCUT2D eigenvalue weighted by Gasteiger charge is -2.63. The average molecular weight is 555 g/mol. The smallest absolute Gasteiger partial charge is 0.310 e. The molecule has 3 aliphatic carbocycles. The van der Waals surface area contributed by atoms with E-state index in [2.05, 4.69) is 6.92 Å². The molecule has 0 spiro atoms. The molecule has 0 radical (unpaired) electrons. The first-order valence-electron chi connectivity index (χ1n) is 14.6. The summed E-state index contributed by atoms with van der Waals surface area (Å²) in [5, 5.41) is 0. The highest BCUT2D eigenvalue weighted by molar-refractivity contribution is 5.92. The summed E-state index contributed by atoms with van der Waals surface area (Å²) < 4.78 is 22.6. The predicted octanol–water partition coefficient (Wildman–Crippen LogP) is 5.75. The summed E-state index contributed by atoms with van der Waals surface area (Å²) in [7, 11) is 1.36. The first kappa shape index (κ1) is 28.6. The lowest BCUT2D eigenvalue weighted by Crippen LogP contribution is -2.66. The number of furan rings is 1. The quantitative estimate of drug-likeness (QED) is 0.248. The Balaban J connectivity index is 1.67. The highest BCUT2D eigenvalue weighted by Crippen LogP contribution is 2.68. The Morgan fingerprint density at radius 1 is 1.18 bits per heavy atom. The van der Waals surface area contributed by atoms with Crippen LogP contribution >= 0.6 is 0 Å². The van der Waals surface area contributed by atoms with Crippen molar-refractivity contribution in [3.63, 3.8) is 0 Å². The molecule has 40 heavy (non-hydrogen) atoms. The van der Waals surface area contributed by atoms with E-state index in [4.69, 9.17) is 18.6 Å². The van der Waals surface area contributed by atoms with Gasteiger partial charge in [-0.05, 0) is 49.2 Å². The lowest BCUT2D eigenvalue weighted by molar-refractivity contribution is -0.200. The van der Waals surface area contributed by atoms with Gasteiger partial charge in [0, 0.05) is 28.2 Å². The van der Waals surface area contributed by atoms with Gasteiger partial charge in [-0.15, -0.1) is 0 Å². The summed E-state index contributed by atoms with van der Waals surface area (Å²) in [4.78, 5) is 53.4. The number of fused-ring (bicyclic) bond motifs is 5. The van der Waals surface area contributed by atoms with E-state index in [0.717, 1.165) is 29.6 Å². The van der Waals surface area contributed by atoms with Crippen molar-refractivity contribution < 1.29 is 37.8 Å². The van der Waals surface area contributed by atoms with Gasteiger partial charge in [0.1, 0.15) is 18.0 Å². The van der Waals surface area contributed by atoms with Crippen LogP contribution in [-0.2, 0) is 33.4 Å². The molecule has 0 unspecified atom stereocenters. The standard InChI is InChI=1S/C32H42O8/c1-8-17(2)29(36)40-28-20-13-19-21(32(6,26(20)35)23(30(28,3)4)15-24(33)37-7)9-11-31(5)22(19)14-25(34)39-27(31)18-10-12-38-16-18/h10,12,16-17,20-21,23,27-28H,8-9,11,13-15H2,1-7H3/t17-,20-,21-,23-,27+,28+,31-,32+/m1/s1. The molecule has 8 nitrogen and oxygen atoms in total. The molecule has 0 aromatic carbocycles. The number of ether oxygens (including phenoxy) is 3. The minimum Gasteiger partial charge on any atom is -0.472 e. The summed E-state index contributed by atoms with van der Waals surface area (Å²) in [6.45, 7) is 11.9. The van der Waals surface area contributed by atoms with E-state index >= 15 is 0 Å². The van der Waals surface area contributed by atoms with Gasteiger partial charge < -0.3 is 18.6 Å². The van der Waals surface area contributed by atoms with Gasteiger partial charge in [-0.2, -0.15) is 0 Å². The molecule has 2 saturated carbocycles. The van der Waals surface area contributed by atoms with Gasteiger partial charge in [0.2, 0.25) is 0 Å². The summed E-state index contributed by atoms with van der Waals surface area (Å²) in [5.74, 6) is -2.39. The molecule has 2 bridgehead atoms. The Bertz CT molecular complexity index is 1240. The van der Waals surface area contributed by atoms with Gasteiger partial charge in [-0.25, -0.2) is 0 Å². The van der Waals surface area contributed by atoms with Gasteiger partial charge in [0.25, 0.3) is 0 Å². The zero-order valence-corrected chi connectivity index (χ0v) is 24.7. The average Bonchev–Trinajstić information content (AvgIpc) is 3.45. The van der Waals surface area contributed by atoms with Crippen LogP contribution in [0.3, 0.4) is 0 Å². The van der Waals surface area contributed by atoms with Crippen molar-refractivity contribution in [1.29, 1.82) is 0 Å². The molecular formula is C32H42O8. The number of methoxy groups -OCH3 is 1. The van der Waals surface area contributed by atoms with Crippen molar-refractivity contribution in [1.82, 2.24) is 0 Å². The number of carbonyl (C=O) groups excluding carboxylic acids is 4. The van der Waals surface area contributed by atoms with E-state index in [1.54, 1.807) is 12.5 Å². The number of Topliss-reactive ketones (excluding diaryl/α,β-unsaturated/α-hetero) is 1. The third kappa shape index (κ3) is 4.07. The van der Waals surface area contributed by atoms with E-state index in [9.17, 15) is 19.2 Å². The first-order chi connectivity index (χ1) is 18.8. The number of esters is 3. The van der Waals surface area contributed by atoms with Crippen LogP contribution in [0.1, 0.15) is 91.7 Å². The highest BCUT2D eigenvalue weighted by Gasteiger charge is 2.68. The monoisotopic (exact) mass is 554 g/mol. The molecule has 2 heterocycles. The second-order valence-electron chi connectivity index (χ2n) is 13.4. The normalized spacial score (nSPS) is 37.1. The van der Waals surface area contributed by atoms with Crippen LogP contribution in [0, 0.1) is 39.9 Å². The fourth-order valence-corrected chi connectivity index (χ4v) is 8.60. The summed E-state index contributed by atoms with van der Waals surface area (Å²) in [5.41, 5.74) is 0.947. The minimum atomic E-state index is -0.879. The highest BCUT2D eigenvalue weighted by atomic mass is 16.6. The molecule has 0 N–H and O–H groups in total. The molecule has 5 rings (SSSR count). The zero-order valence-electron chi connectivity index (χ0n) is 24.7. The van der Waals surface area contributed by atoms with Gasteiger partial charge in [-0.1, -0.05) is 47.1 Å². The Hall–Kier alpha value is -2.90. The van der Waals surface area contributed by atoms with Gasteiger partial charge in [0.05, 0.1) is 37.9 Å². The summed E-state index contributed by atoms with van der Waals surface area (Å²) in [6.07, 6.45) is 4.74. The Morgan fingerprint density at radius 3 is 2.52 bits per heavy atom. The lowest BCUT2D eigenvalue weighted by atomic mass is 9.40. The second kappa shape index (κ2) is 9.88. The van der Waals surface area contributed by atoms with Crippen LogP contribution in [0.4, 0.5) is 0 Å². The third-order valence-corrected chi connectivity index (χ3v) is 11.1. The maximum Gasteiger partial charge on any atom is 0.310 e. The van der Waals surface area contributed by atoms with Crippen molar-refractivity contribution in [2.24, 2.45) is 39.9 Å². The van der Waals surface area contributed by atoms with Crippen molar-refractivity contribution in [2.75, 3.05) is 7.11 Å². The molecule has 1 aromatic rings. The maximum absolute atomic E-state index is 14.5. The fourth-order valence-electron chi connectivity index (χ4n) is 8.60. The van der Waals surface area contributed by atoms with Crippen molar-refractivity contribution in [2.45, 2.75) is 92.3 Å². The molecule has 8 atom stereocenters. The fraction of sp³-hybridized carbons (Fsp3) is 0.688. The van der Waals surface area contributed by atoms with E-state index in [1.165, 1.54) is 7.11 Å². The Kier molecular flexibility index (Phi) is 7.07. The number of rotatable bonds is 6. The number of hydrogen-bond donors (Lipinski definition) is 0. The van der Waals surface area contributed by atoms with Crippen LogP contribution in [0.2, 0.25) is 0 Å². The number of carbonyl (C=O) groups is 4. The topological polar surface area (TPSA) is 109 Å². The molecule has 218 valence electrons. The van der Waals surface area contributed by atoms with E-state index in [1.807, 2.05) is 40.7 Å². The molecule has 3 fully saturated rings. The van der Waals surface area contributed by atoms with E-state index < -0.39 is 40.3 Å². The van der Waals surface area contributed by atoms with Crippen LogP contribution in [-0.4, -0.2) is 36.9 Å². The molecule has 4 aliphatic rings. The molecule has 1 aromatic heterocycles. The Labute approximate surface area is 236 Å². The van der Waals surface area contributed by atoms with Gasteiger partial charge in [-0.3, -0.25) is 19.2 Å². The van der Waals surface area contributed by atoms with Crippen LogP contribution in [0.25, 0.3) is 0 Å². The Morgan fingerprint density at radius 2 is 1.90 bits per heavy atom. The van der Waals surface area contributed by atoms with Crippen molar-refractivity contribution in [3.05, 3.63) is 35.3 Å². The SMILES string of the molecule is CC[C@@H](C)C(=O)O[C@H]1[C@@H]2CC3=C4CC(=O)O[C@@H](c5ccoc5)[C@]4(C)CC[C@H]3[C@](C)(C2=O)[C@H](CC(=O)OC)C1(C)C. The first-order valence-corrected chi connectivity index (χ1v) is 14.6. The predicted molar refractivity (Wildman–Crippen MR) is 144 cm³/mol. The molecule has 1 saturated heterocycles. The number of allylic oxidation sites excluding steroid dienone is 1. The van der Waals surface area contributed by atoms with Crippen molar-refractivity contribution >= 4 is 23.7 Å². The van der Waals surface area contributed by atoms with E-state index in [-0.39, 0.29) is 48.4 Å². The number of ketones is 1. The summed E-state index contributed by atoms with van der Waals surface area (Å²) >= 11 is 0. The van der Waals surface area contributed by atoms with Crippen LogP contribution in [0.15, 0.2) is 34.2 Å². The molecular weight excluding hydrogens is 512 g/mol. The van der Waals surface area contributed by atoms with Gasteiger partial charge >= 0.3 is 17.9 Å².